The standard InChI is InChI=1S/C32H35F2N5O7/c1-4-44-31(42)22-13-38-16(2)15-45-30-27(38)21(29(22)41)10-24(34)28(30)37-8-7-19(12-37)36-11-18-5-6-20(9-23(18)33)39-14-25(46-32(39)43)26(35)17(3)40/h5-6,9-10,13,16,19,25-26,36H,4,7-8,11-12,14-15,35H2,1-3H3/t16?,19?,25?,26-/m1/s1. The van der Waals surface area contributed by atoms with Gasteiger partial charge < -0.3 is 34.7 Å². The maximum absolute atomic E-state index is 15.7. The molecule has 46 heavy (non-hydrogen) atoms. The number of carbonyl (C=O) groups is 3. The fourth-order valence-corrected chi connectivity index (χ4v) is 6.24. The van der Waals surface area contributed by atoms with E-state index in [9.17, 15) is 19.2 Å². The highest BCUT2D eigenvalue weighted by atomic mass is 19.1. The first-order valence-electron chi connectivity index (χ1n) is 15.2. The topological polar surface area (TPSA) is 145 Å². The number of Topliss-reactive ketones (excluding diaryl/α,β-unsaturated/α-hetero) is 1. The van der Waals surface area contributed by atoms with Crippen LogP contribution in [0.1, 0.15) is 49.2 Å². The number of ether oxygens (including phenoxy) is 3. The van der Waals surface area contributed by atoms with Crippen LogP contribution in [0.5, 0.6) is 5.75 Å². The Bertz CT molecular complexity index is 1800. The highest BCUT2D eigenvalue weighted by Gasteiger charge is 2.38. The van der Waals surface area contributed by atoms with E-state index in [4.69, 9.17) is 19.9 Å². The van der Waals surface area contributed by atoms with Gasteiger partial charge in [0.15, 0.2) is 11.6 Å². The molecule has 1 aromatic heterocycles. The zero-order chi connectivity index (χ0) is 32.9. The zero-order valence-corrected chi connectivity index (χ0v) is 25.7. The van der Waals surface area contributed by atoms with Crippen molar-refractivity contribution in [1.82, 2.24) is 9.88 Å². The quantitative estimate of drug-likeness (QED) is 0.335. The number of cyclic esters (lactones) is 1. The molecular formula is C32H35F2N5O7. The number of nitrogens with one attached hydrogen (secondary N) is 1. The lowest BCUT2D eigenvalue weighted by atomic mass is 10.1. The summed E-state index contributed by atoms with van der Waals surface area (Å²) in [5, 5.41) is 3.37. The Hall–Kier alpha value is -4.56. The van der Waals surface area contributed by atoms with Crippen molar-refractivity contribution in [2.75, 3.05) is 42.6 Å². The van der Waals surface area contributed by atoms with Gasteiger partial charge in [-0.2, -0.15) is 0 Å². The number of carbonyl (C=O) groups excluding carboxylic acids is 3. The van der Waals surface area contributed by atoms with E-state index in [-0.39, 0.29) is 66.6 Å². The van der Waals surface area contributed by atoms with E-state index in [1.807, 2.05) is 11.8 Å². The third-order valence-electron chi connectivity index (χ3n) is 8.78. The fraction of sp³-hybridized carbons (Fsp3) is 0.438. The molecular weight excluding hydrogens is 604 g/mol. The van der Waals surface area contributed by atoms with Crippen LogP contribution in [0.15, 0.2) is 35.3 Å². The lowest BCUT2D eigenvalue weighted by molar-refractivity contribution is -0.120. The van der Waals surface area contributed by atoms with Gasteiger partial charge >= 0.3 is 12.1 Å². The number of aromatic nitrogens is 1. The van der Waals surface area contributed by atoms with E-state index >= 15 is 8.78 Å². The van der Waals surface area contributed by atoms with Gasteiger partial charge in [-0.25, -0.2) is 18.4 Å². The normalized spacial score (nSPS) is 21.3. The van der Waals surface area contributed by atoms with Crippen molar-refractivity contribution < 1.29 is 37.4 Å². The largest absolute Gasteiger partial charge is 0.487 e. The molecule has 0 bridgehead atoms. The summed E-state index contributed by atoms with van der Waals surface area (Å²) in [4.78, 5) is 52.7. The average Bonchev–Trinajstić information content (AvgIpc) is 3.65. The number of nitrogens with two attached hydrogens (primary N) is 1. The Kier molecular flexibility index (Phi) is 8.42. The molecule has 2 saturated heterocycles. The van der Waals surface area contributed by atoms with Crippen molar-refractivity contribution in [1.29, 1.82) is 0 Å². The van der Waals surface area contributed by atoms with Crippen LogP contribution < -0.4 is 31.0 Å². The summed E-state index contributed by atoms with van der Waals surface area (Å²) in [6.45, 7) is 6.26. The van der Waals surface area contributed by atoms with Gasteiger partial charge in [0.2, 0.25) is 5.43 Å². The Balaban J connectivity index is 1.17. The number of hydrogen-bond donors (Lipinski definition) is 2. The van der Waals surface area contributed by atoms with Gasteiger partial charge in [-0.1, -0.05) is 6.07 Å². The first-order valence-corrected chi connectivity index (χ1v) is 15.2. The second kappa shape index (κ2) is 12.3. The number of benzene rings is 2. The first-order chi connectivity index (χ1) is 22.0. The van der Waals surface area contributed by atoms with E-state index in [0.29, 0.717) is 36.3 Å². The maximum Gasteiger partial charge on any atom is 0.414 e. The van der Waals surface area contributed by atoms with Crippen LogP contribution >= 0.6 is 0 Å². The Morgan fingerprint density at radius 2 is 1.96 bits per heavy atom. The van der Waals surface area contributed by atoms with Crippen LogP contribution in [-0.2, 0) is 20.8 Å². The Morgan fingerprint density at radius 3 is 2.67 bits per heavy atom. The number of anilines is 2. The van der Waals surface area contributed by atoms with Crippen LogP contribution in [0.4, 0.5) is 25.0 Å². The summed E-state index contributed by atoms with van der Waals surface area (Å²) in [7, 11) is 0. The number of ketones is 1. The maximum atomic E-state index is 15.7. The summed E-state index contributed by atoms with van der Waals surface area (Å²) >= 11 is 0. The summed E-state index contributed by atoms with van der Waals surface area (Å²) in [5.41, 5.74) is 6.36. The molecule has 4 atom stereocenters. The summed E-state index contributed by atoms with van der Waals surface area (Å²) < 4.78 is 48.9. The smallest absolute Gasteiger partial charge is 0.414 e. The van der Waals surface area contributed by atoms with Crippen molar-refractivity contribution in [2.24, 2.45) is 5.73 Å². The molecule has 3 aliphatic heterocycles. The average molecular weight is 640 g/mol. The molecule has 3 N–H and O–H groups in total. The third kappa shape index (κ3) is 5.55. The van der Waals surface area contributed by atoms with Crippen LogP contribution in [0.2, 0.25) is 0 Å². The number of nitrogens with zero attached hydrogens (tertiary/aromatic N) is 3. The highest BCUT2D eigenvalue weighted by molar-refractivity contribution is 5.98. The van der Waals surface area contributed by atoms with Crippen LogP contribution in [0.3, 0.4) is 0 Å². The second-order valence-corrected chi connectivity index (χ2v) is 11.8. The monoisotopic (exact) mass is 639 g/mol. The number of pyridine rings is 1. The van der Waals surface area contributed by atoms with Gasteiger partial charge in [0.25, 0.3) is 0 Å². The molecule has 3 aliphatic rings. The predicted molar refractivity (Wildman–Crippen MR) is 164 cm³/mol. The number of esters is 1. The molecule has 3 unspecified atom stereocenters. The molecule has 0 aliphatic carbocycles. The first kappa shape index (κ1) is 31.4. The van der Waals surface area contributed by atoms with E-state index in [1.165, 1.54) is 24.1 Å². The Morgan fingerprint density at radius 1 is 1.17 bits per heavy atom. The van der Waals surface area contributed by atoms with Gasteiger partial charge in [0.05, 0.1) is 35.8 Å². The van der Waals surface area contributed by atoms with Gasteiger partial charge in [-0.05, 0) is 45.4 Å². The molecule has 0 spiro atoms. The summed E-state index contributed by atoms with van der Waals surface area (Å²) in [6, 6.07) is 4.28. The van der Waals surface area contributed by atoms with Gasteiger partial charge in [0, 0.05) is 37.4 Å². The number of amides is 1. The van der Waals surface area contributed by atoms with Gasteiger partial charge in [0.1, 0.15) is 41.6 Å². The summed E-state index contributed by atoms with van der Waals surface area (Å²) in [5.74, 6) is -2.00. The SMILES string of the molecule is CCOC(=O)c1cn2c3c(c(N4CCC(NCc5ccc(N6CC([C@H](N)C(C)=O)OC6=O)cc5F)C4)c(F)cc3c1=O)OCC2C. The molecule has 244 valence electrons. The molecule has 1 amide bonds. The van der Waals surface area contributed by atoms with Crippen molar-refractivity contribution >= 4 is 40.1 Å². The predicted octanol–water partition coefficient (Wildman–Crippen LogP) is 3.02. The minimum Gasteiger partial charge on any atom is -0.487 e. The van der Waals surface area contributed by atoms with Gasteiger partial charge in [-0.15, -0.1) is 0 Å². The van der Waals surface area contributed by atoms with Crippen LogP contribution in [0.25, 0.3) is 10.9 Å². The van der Waals surface area contributed by atoms with E-state index < -0.39 is 41.3 Å². The molecule has 3 aromatic rings. The molecule has 6 rings (SSSR count). The van der Waals surface area contributed by atoms with Gasteiger partial charge in [-0.3, -0.25) is 14.5 Å². The third-order valence-corrected chi connectivity index (χ3v) is 8.78. The molecule has 14 heteroatoms. The number of halogens is 2. The molecule has 2 aromatic carbocycles. The zero-order valence-electron chi connectivity index (χ0n) is 25.7. The molecule has 4 heterocycles. The lowest BCUT2D eigenvalue weighted by Crippen LogP contribution is -2.43. The van der Waals surface area contributed by atoms with Crippen molar-refractivity contribution in [3.05, 3.63) is 63.4 Å². The molecule has 0 radical (unpaired) electrons. The minimum absolute atomic E-state index is 0.0349. The Labute approximate surface area is 263 Å². The van der Waals surface area contributed by atoms with Crippen molar-refractivity contribution in [3.8, 4) is 5.75 Å². The molecule has 0 saturated carbocycles. The van der Waals surface area contributed by atoms with Crippen molar-refractivity contribution in [3.63, 3.8) is 0 Å². The van der Waals surface area contributed by atoms with E-state index in [2.05, 4.69) is 5.32 Å². The molecule has 2 fully saturated rings. The van der Waals surface area contributed by atoms with Crippen LogP contribution in [0, 0.1) is 11.6 Å². The number of hydrogen-bond acceptors (Lipinski definition) is 10. The highest BCUT2D eigenvalue weighted by Crippen LogP contribution is 2.43. The number of rotatable bonds is 9. The summed E-state index contributed by atoms with van der Waals surface area (Å²) in [6.07, 6.45) is 0.582. The van der Waals surface area contributed by atoms with Crippen LogP contribution in [-0.4, -0.2) is 73.4 Å². The van der Waals surface area contributed by atoms with E-state index in [0.717, 1.165) is 6.07 Å². The van der Waals surface area contributed by atoms with Crippen molar-refractivity contribution in [2.45, 2.75) is 58.0 Å². The van der Waals surface area contributed by atoms with E-state index in [1.54, 1.807) is 23.6 Å². The lowest BCUT2D eigenvalue weighted by Gasteiger charge is -2.31. The fourth-order valence-electron chi connectivity index (χ4n) is 6.24. The second-order valence-electron chi connectivity index (χ2n) is 11.8. The minimum atomic E-state index is -0.959. The molecule has 12 nitrogen and oxygen atoms in total.